The van der Waals surface area contributed by atoms with Crippen LogP contribution in [0, 0.1) is 32.1 Å². The van der Waals surface area contributed by atoms with Crippen molar-refractivity contribution in [1.82, 2.24) is 9.58 Å². The molecule has 0 atom stereocenters. The van der Waals surface area contributed by atoms with Gasteiger partial charge < -0.3 is 4.57 Å². The Morgan fingerprint density at radius 1 is 1.20 bits per heavy atom. The molecule has 0 aliphatic carbocycles. The number of halogens is 1. The fourth-order valence-corrected chi connectivity index (χ4v) is 4.69. The minimum absolute atomic E-state index is 0.0561. The number of carbonyl (C=O) groups is 1. The standard InChI is InChI=1S/C22H22ClN5OS/c1-11(2)21-26-28-19(24)17(20(29)25-22(28)30-21)10-15-9-13(4)27(14(15)5)18-7-6-16(23)8-12(18)3/h6-11,24H,1-5H3. The molecular formula is C22H22ClN5OS. The maximum absolute atomic E-state index is 12.7. The van der Waals surface area contributed by atoms with Crippen molar-refractivity contribution in [1.29, 1.82) is 5.41 Å². The van der Waals surface area contributed by atoms with Crippen molar-refractivity contribution < 1.29 is 4.79 Å². The molecule has 8 heteroatoms. The average Bonchev–Trinajstić information content (AvgIpc) is 3.21. The van der Waals surface area contributed by atoms with Crippen LogP contribution >= 0.6 is 23.4 Å². The van der Waals surface area contributed by atoms with Crippen LogP contribution in [0.2, 0.25) is 5.02 Å². The molecule has 6 nitrogen and oxygen atoms in total. The number of aryl methyl sites for hydroxylation is 2. The van der Waals surface area contributed by atoms with Crippen LogP contribution in [-0.4, -0.2) is 31.5 Å². The number of thioether (sulfide) groups is 1. The van der Waals surface area contributed by atoms with Crippen molar-refractivity contribution >= 4 is 51.4 Å². The van der Waals surface area contributed by atoms with E-state index in [2.05, 4.69) is 14.7 Å². The van der Waals surface area contributed by atoms with Gasteiger partial charge in [0.25, 0.3) is 5.91 Å². The van der Waals surface area contributed by atoms with Gasteiger partial charge in [-0.05, 0) is 74.0 Å². The number of nitrogens with one attached hydrogen (secondary N) is 1. The second kappa shape index (κ2) is 7.56. The van der Waals surface area contributed by atoms with E-state index < -0.39 is 5.91 Å². The molecule has 1 aromatic heterocycles. The van der Waals surface area contributed by atoms with Gasteiger partial charge in [-0.15, -0.1) is 0 Å². The lowest BCUT2D eigenvalue weighted by molar-refractivity contribution is -0.114. The number of aliphatic imine (C=N–C) groups is 1. The zero-order valence-corrected chi connectivity index (χ0v) is 19.0. The van der Waals surface area contributed by atoms with Crippen LogP contribution in [0.4, 0.5) is 0 Å². The molecule has 0 fully saturated rings. The van der Waals surface area contributed by atoms with Gasteiger partial charge in [-0.3, -0.25) is 10.2 Å². The Bertz CT molecular complexity index is 1190. The van der Waals surface area contributed by atoms with Crippen molar-refractivity contribution in [3.05, 3.63) is 57.4 Å². The Balaban J connectivity index is 1.76. The third kappa shape index (κ3) is 3.42. The quantitative estimate of drug-likeness (QED) is 0.656. The van der Waals surface area contributed by atoms with Gasteiger partial charge in [-0.2, -0.15) is 15.1 Å². The van der Waals surface area contributed by atoms with Crippen LogP contribution in [0.25, 0.3) is 11.8 Å². The molecule has 0 saturated heterocycles. The summed E-state index contributed by atoms with van der Waals surface area (Å²) in [7, 11) is 0. The molecule has 0 unspecified atom stereocenters. The van der Waals surface area contributed by atoms with Crippen LogP contribution in [0.5, 0.6) is 0 Å². The number of hydrazone groups is 1. The summed E-state index contributed by atoms with van der Waals surface area (Å²) in [5.74, 6) is -0.146. The first-order valence-corrected chi connectivity index (χ1v) is 10.8. The van der Waals surface area contributed by atoms with Gasteiger partial charge in [0.15, 0.2) is 5.84 Å². The lowest BCUT2D eigenvalue weighted by Gasteiger charge is -2.20. The summed E-state index contributed by atoms with van der Waals surface area (Å²) in [6.45, 7) is 10.1. The zero-order chi connectivity index (χ0) is 21.7. The van der Waals surface area contributed by atoms with Crippen molar-refractivity contribution in [2.24, 2.45) is 16.0 Å². The Morgan fingerprint density at radius 2 is 1.93 bits per heavy atom. The smallest absolute Gasteiger partial charge is 0.283 e. The largest absolute Gasteiger partial charge is 0.318 e. The monoisotopic (exact) mass is 439 g/mol. The number of aromatic nitrogens is 1. The summed E-state index contributed by atoms with van der Waals surface area (Å²) >= 11 is 7.47. The molecule has 1 amide bonds. The summed E-state index contributed by atoms with van der Waals surface area (Å²) in [6.07, 6.45) is 1.74. The van der Waals surface area contributed by atoms with Crippen molar-refractivity contribution in [2.45, 2.75) is 34.6 Å². The lowest BCUT2D eigenvalue weighted by Crippen LogP contribution is -2.35. The number of amides is 1. The van der Waals surface area contributed by atoms with E-state index in [0.29, 0.717) is 10.2 Å². The van der Waals surface area contributed by atoms with Gasteiger partial charge in [0.1, 0.15) is 5.04 Å². The molecule has 2 aromatic rings. The summed E-state index contributed by atoms with van der Waals surface area (Å²) < 4.78 is 2.13. The number of nitrogens with zero attached hydrogens (tertiary/aromatic N) is 4. The van der Waals surface area contributed by atoms with Gasteiger partial charge in [0.05, 0.1) is 5.57 Å². The topological polar surface area (TPSA) is 73.8 Å². The predicted octanol–water partition coefficient (Wildman–Crippen LogP) is 5.33. The molecule has 1 N–H and O–H groups in total. The van der Waals surface area contributed by atoms with Crippen LogP contribution < -0.4 is 0 Å². The molecule has 2 aliphatic heterocycles. The van der Waals surface area contributed by atoms with E-state index in [1.165, 1.54) is 16.8 Å². The SMILES string of the molecule is Cc1cc(Cl)ccc1-n1c(C)cc(C=C2C(=N)N3N=C(C(C)C)SC3=NC2=O)c1C. The van der Waals surface area contributed by atoms with Crippen LogP contribution in [0.1, 0.15) is 36.4 Å². The summed E-state index contributed by atoms with van der Waals surface area (Å²) in [5.41, 5.74) is 5.20. The third-order valence-corrected chi connectivity index (χ3v) is 6.58. The zero-order valence-electron chi connectivity index (χ0n) is 17.4. The molecule has 4 rings (SSSR count). The van der Waals surface area contributed by atoms with Crippen LogP contribution in [0.3, 0.4) is 0 Å². The fraction of sp³-hybridized carbons (Fsp3) is 0.273. The van der Waals surface area contributed by atoms with Crippen molar-refractivity contribution in [2.75, 3.05) is 0 Å². The van der Waals surface area contributed by atoms with E-state index in [9.17, 15) is 4.79 Å². The molecule has 3 heterocycles. The molecule has 30 heavy (non-hydrogen) atoms. The van der Waals surface area contributed by atoms with Crippen molar-refractivity contribution in [3.8, 4) is 5.69 Å². The maximum atomic E-state index is 12.7. The number of hydrogen-bond acceptors (Lipinski definition) is 4. The normalized spacial score (nSPS) is 17.7. The third-order valence-electron chi connectivity index (χ3n) is 5.13. The number of fused-ring (bicyclic) bond motifs is 1. The number of hydrogen-bond donors (Lipinski definition) is 1. The first-order chi connectivity index (χ1) is 14.2. The molecule has 1 aromatic carbocycles. The second-order valence-corrected chi connectivity index (χ2v) is 9.13. The van der Waals surface area contributed by atoms with Gasteiger partial charge in [0, 0.05) is 28.0 Å². The highest BCUT2D eigenvalue weighted by atomic mass is 35.5. The summed E-state index contributed by atoms with van der Waals surface area (Å²) in [6, 6.07) is 7.80. The first-order valence-electron chi connectivity index (χ1n) is 9.63. The van der Waals surface area contributed by atoms with E-state index >= 15 is 0 Å². The van der Waals surface area contributed by atoms with E-state index in [1.54, 1.807) is 6.08 Å². The molecular weight excluding hydrogens is 418 g/mol. The Morgan fingerprint density at radius 3 is 2.60 bits per heavy atom. The Labute approximate surface area is 184 Å². The minimum Gasteiger partial charge on any atom is -0.318 e. The first kappa shape index (κ1) is 20.6. The maximum Gasteiger partial charge on any atom is 0.283 e. The second-order valence-electron chi connectivity index (χ2n) is 7.71. The number of carbonyl (C=O) groups excluding carboxylic acids is 1. The van der Waals surface area contributed by atoms with Gasteiger partial charge >= 0.3 is 0 Å². The fourth-order valence-electron chi connectivity index (χ4n) is 3.57. The number of benzene rings is 1. The summed E-state index contributed by atoms with van der Waals surface area (Å²) in [4.78, 5) is 16.9. The minimum atomic E-state index is -0.411. The van der Waals surface area contributed by atoms with E-state index in [0.717, 1.165) is 33.2 Å². The predicted molar refractivity (Wildman–Crippen MR) is 125 cm³/mol. The Kier molecular flexibility index (Phi) is 5.20. The van der Waals surface area contributed by atoms with Crippen molar-refractivity contribution in [3.63, 3.8) is 0 Å². The molecule has 2 aliphatic rings. The number of amidine groups is 2. The molecule has 0 radical (unpaired) electrons. The van der Waals surface area contributed by atoms with E-state index in [-0.39, 0.29) is 17.3 Å². The van der Waals surface area contributed by atoms with Gasteiger partial charge in [-0.25, -0.2) is 0 Å². The number of rotatable bonds is 3. The van der Waals surface area contributed by atoms with E-state index in [1.807, 2.05) is 58.9 Å². The highest BCUT2D eigenvalue weighted by molar-refractivity contribution is 8.27. The lowest BCUT2D eigenvalue weighted by atomic mass is 10.1. The van der Waals surface area contributed by atoms with Crippen LogP contribution in [0.15, 0.2) is 39.9 Å². The van der Waals surface area contributed by atoms with E-state index in [4.69, 9.17) is 17.0 Å². The molecule has 0 spiro atoms. The van der Waals surface area contributed by atoms with Gasteiger partial charge in [-0.1, -0.05) is 25.4 Å². The van der Waals surface area contributed by atoms with Gasteiger partial charge in [0.2, 0.25) is 5.17 Å². The highest BCUT2D eigenvalue weighted by Gasteiger charge is 2.36. The Hall–Kier alpha value is -2.64. The molecule has 154 valence electrons. The summed E-state index contributed by atoms with van der Waals surface area (Å²) in [5, 5.41) is 16.5. The highest BCUT2D eigenvalue weighted by Crippen LogP contribution is 2.32. The molecule has 0 saturated carbocycles. The average molecular weight is 440 g/mol. The molecule has 0 bridgehead atoms. The van der Waals surface area contributed by atoms with Crippen LogP contribution in [-0.2, 0) is 4.79 Å².